The fraction of sp³-hybridized carbons (Fsp3) is 0.235. The minimum Gasteiger partial charge on any atom is -0.322 e. The van der Waals surface area contributed by atoms with Crippen LogP contribution in [-0.2, 0) is 6.42 Å². The highest BCUT2D eigenvalue weighted by Gasteiger charge is 2.24. The molecule has 1 unspecified atom stereocenters. The number of carbonyl (C=O) groups excluding carboxylic acids is 1. The first-order valence-electron chi connectivity index (χ1n) is 7.31. The molecule has 1 aliphatic rings. The van der Waals surface area contributed by atoms with Gasteiger partial charge in [-0.1, -0.05) is 25.1 Å². The van der Waals surface area contributed by atoms with E-state index in [1.54, 1.807) is 0 Å². The molecule has 5 heteroatoms. The zero-order valence-corrected chi connectivity index (χ0v) is 12.4. The van der Waals surface area contributed by atoms with Gasteiger partial charge in [0.05, 0.1) is 11.9 Å². The quantitative estimate of drug-likeness (QED) is 0.590. The van der Waals surface area contributed by atoms with E-state index in [1.807, 2.05) is 36.4 Å². The predicted molar refractivity (Wildman–Crippen MR) is 85.6 cm³/mol. The molecule has 3 N–H and O–H groups in total. The summed E-state index contributed by atoms with van der Waals surface area (Å²) in [4.78, 5) is 12.5. The average Bonchev–Trinajstić information content (AvgIpc) is 2.88. The molecule has 0 aliphatic heterocycles. The number of aromatic nitrogens is 1. The fourth-order valence-corrected chi connectivity index (χ4v) is 2.95. The number of pyridine rings is 1. The van der Waals surface area contributed by atoms with Crippen LogP contribution in [0.5, 0.6) is 0 Å². The summed E-state index contributed by atoms with van der Waals surface area (Å²) in [6.45, 7) is 2.11. The largest absolute Gasteiger partial charge is 0.322 e. The van der Waals surface area contributed by atoms with E-state index < -0.39 is 0 Å². The van der Waals surface area contributed by atoms with Crippen molar-refractivity contribution in [2.45, 2.75) is 25.7 Å². The number of carbonyl (C=O) groups is 1. The number of amides is 1. The highest BCUT2D eigenvalue weighted by molar-refractivity contribution is 6.04. The van der Waals surface area contributed by atoms with E-state index in [9.17, 15) is 4.79 Å². The van der Waals surface area contributed by atoms with Gasteiger partial charge in [0.25, 0.3) is 5.91 Å². The molecule has 0 fully saturated rings. The second-order valence-electron chi connectivity index (χ2n) is 5.57. The number of rotatable bonds is 3. The van der Waals surface area contributed by atoms with Crippen molar-refractivity contribution in [3.8, 4) is 0 Å². The van der Waals surface area contributed by atoms with Gasteiger partial charge in [-0.25, -0.2) is 0 Å². The molecule has 1 heterocycles. The second kappa shape index (κ2) is 5.60. The van der Waals surface area contributed by atoms with Gasteiger partial charge in [0.1, 0.15) is 5.49 Å². The first kappa shape index (κ1) is 14.3. The van der Waals surface area contributed by atoms with Crippen molar-refractivity contribution in [3.05, 3.63) is 58.7 Å². The highest BCUT2D eigenvalue weighted by Crippen LogP contribution is 2.31. The number of hydrogen-bond acceptors (Lipinski definition) is 3. The maximum Gasteiger partial charge on any atom is 0.259 e. The minimum absolute atomic E-state index is 0.0660. The maximum atomic E-state index is 12.5. The molecule has 2 aromatic rings. The number of benzene rings is 1. The van der Waals surface area contributed by atoms with Gasteiger partial charge in [0.15, 0.2) is 0 Å². The molecule has 1 atom stereocenters. The van der Waals surface area contributed by atoms with Crippen LogP contribution < -0.4 is 10.8 Å². The normalized spacial score (nSPS) is 16.1. The highest BCUT2D eigenvalue weighted by atomic mass is 16.1. The molecule has 1 aromatic heterocycles. The summed E-state index contributed by atoms with van der Waals surface area (Å²) >= 11 is 0. The molecule has 1 amide bonds. The summed E-state index contributed by atoms with van der Waals surface area (Å²) in [6, 6.07) is 11.0. The van der Waals surface area contributed by atoms with Crippen LogP contribution in [-0.4, -0.2) is 16.8 Å². The molecule has 22 heavy (non-hydrogen) atoms. The van der Waals surface area contributed by atoms with Crippen LogP contribution in [0.25, 0.3) is 0 Å². The molecule has 112 valence electrons. The molecular weight excluding hydrogens is 276 g/mol. The number of fused-ring (bicyclic) bond motifs is 1. The van der Waals surface area contributed by atoms with Crippen molar-refractivity contribution in [1.82, 2.24) is 4.57 Å². The van der Waals surface area contributed by atoms with Crippen molar-refractivity contribution in [2.24, 2.45) is 0 Å². The molecular formula is C17H18N4O. The van der Waals surface area contributed by atoms with Crippen LogP contribution in [0, 0.1) is 10.8 Å². The Morgan fingerprint density at radius 3 is 2.77 bits per heavy atom. The Morgan fingerprint density at radius 1 is 1.36 bits per heavy atom. The topological polar surface area (TPSA) is 81.7 Å². The van der Waals surface area contributed by atoms with E-state index in [0.29, 0.717) is 17.2 Å². The van der Waals surface area contributed by atoms with Crippen LogP contribution in [0.3, 0.4) is 0 Å². The second-order valence-corrected chi connectivity index (χ2v) is 5.57. The Labute approximate surface area is 128 Å². The summed E-state index contributed by atoms with van der Waals surface area (Å²) in [7, 11) is 0. The van der Waals surface area contributed by atoms with E-state index in [4.69, 9.17) is 10.8 Å². The molecule has 5 nitrogen and oxygen atoms in total. The van der Waals surface area contributed by atoms with Crippen LogP contribution in [0.1, 0.15) is 40.9 Å². The third-order valence-corrected chi connectivity index (χ3v) is 4.17. The van der Waals surface area contributed by atoms with Crippen molar-refractivity contribution < 1.29 is 4.79 Å². The molecule has 0 saturated carbocycles. The van der Waals surface area contributed by atoms with Gasteiger partial charge < -0.3 is 5.32 Å². The Bertz CT molecular complexity index is 792. The summed E-state index contributed by atoms with van der Waals surface area (Å²) in [5, 5.41) is 18.6. The van der Waals surface area contributed by atoms with Gasteiger partial charge in [0, 0.05) is 11.4 Å². The smallest absolute Gasteiger partial charge is 0.259 e. The maximum absolute atomic E-state index is 12.5. The lowest BCUT2D eigenvalue weighted by Gasteiger charge is -2.13. The standard InChI is InChI=1S/C17H18N4O/c1-11-7-8-15-13(11)9-14(16(19)21(15)10-18)17(22)20-12-5-3-2-4-6-12/h2-6,9-11,18-19H,7-8H2,1H3,(H,20,22). The van der Waals surface area contributed by atoms with Gasteiger partial charge >= 0.3 is 0 Å². The lowest BCUT2D eigenvalue weighted by molar-refractivity contribution is 0.102. The van der Waals surface area contributed by atoms with E-state index in [0.717, 1.165) is 30.4 Å². The number of nitrogens with zero attached hydrogens (tertiary/aromatic N) is 1. The summed E-state index contributed by atoms with van der Waals surface area (Å²) < 4.78 is 1.51. The van der Waals surface area contributed by atoms with Crippen molar-refractivity contribution >= 4 is 17.9 Å². The van der Waals surface area contributed by atoms with E-state index in [-0.39, 0.29) is 11.4 Å². The first-order chi connectivity index (χ1) is 10.6. The van der Waals surface area contributed by atoms with Crippen molar-refractivity contribution in [2.75, 3.05) is 5.32 Å². The number of anilines is 1. The van der Waals surface area contributed by atoms with Gasteiger partial charge in [-0.05, 0) is 42.5 Å². The van der Waals surface area contributed by atoms with Crippen molar-refractivity contribution in [3.63, 3.8) is 0 Å². The minimum atomic E-state index is -0.311. The SMILES string of the molecule is CC1CCc2c1cc(C(=O)Nc1ccccc1)c(=N)n2C=N. The Kier molecular flexibility index (Phi) is 3.63. The van der Waals surface area contributed by atoms with Crippen LogP contribution in [0.4, 0.5) is 5.69 Å². The lowest BCUT2D eigenvalue weighted by Crippen LogP contribution is -2.31. The molecule has 0 radical (unpaired) electrons. The summed E-state index contributed by atoms with van der Waals surface area (Å²) in [6.07, 6.45) is 2.96. The predicted octanol–water partition coefficient (Wildman–Crippen LogP) is 2.72. The first-order valence-corrected chi connectivity index (χ1v) is 7.31. The molecule has 3 rings (SSSR count). The summed E-state index contributed by atoms with van der Waals surface area (Å²) in [5.41, 5.74) is 3.11. The van der Waals surface area contributed by atoms with Gasteiger partial charge in [-0.3, -0.25) is 20.2 Å². The Hall–Kier alpha value is -2.69. The van der Waals surface area contributed by atoms with Crippen LogP contribution in [0.2, 0.25) is 0 Å². The lowest BCUT2D eigenvalue weighted by atomic mass is 10.0. The fourth-order valence-electron chi connectivity index (χ4n) is 2.95. The third-order valence-electron chi connectivity index (χ3n) is 4.17. The monoisotopic (exact) mass is 294 g/mol. The van der Waals surface area contributed by atoms with E-state index in [2.05, 4.69) is 12.2 Å². The number of hydrogen-bond donors (Lipinski definition) is 3. The van der Waals surface area contributed by atoms with Crippen LogP contribution in [0.15, 0.2) is 36.4 Å². The van der Waals surface area contributed by atoms with Gasteiger partial charge in [-0.15, -0.1) is 0 Å². The Balaban J connectivity index is 2.04. The summed E-state index contributed by atoms with van der Waals surface area (Å²) in [5.74, 6) is 0.0405. The van der Waals surface area contributed by atoms with Gasteiger partial charge in [-0.2, -0.15) is 0 Å². The molecule has 1 aliphatic carbocycles. The zero-order valence-electron chi connectivity index (χ0n) is 12.4. The zero-order chi connectivity index (χ0) is 15.7. The van der Waals surface area contributed by atoms with E-state index in [1.165, 1.54) is 4.57 Å². The van der Waals surface area contributed by atoms with Gasteiger partial charge in [0.2, 0.25) is 0 Å². The Morgan fingerprint density at radius 2 is 2.09 bits per heavy atom. The molecule has 0 saturated heterocycles. The molecule has 1 aromatic carbocycles. The third kappa shape index (κ3) is 2.35. The average molecular weight is 294 g/mol. The molecule has 0 spiro atoms. The number of nitrogens with one attached hydrogen (secondary N) is 3. The molecule has 0 bridgehead atoms. The van der Waals surface area contributed by atoms with Crippen LogP contribution >= 0.6 is 0 Å². The number of para-hydroxylation sites is 1. The van der Waals surface area contributed by atoms with Crippen molar-refractivity contribution in [1.29, 1.82) is 10.8 Å². The van der Waals surface area contributed by atoms with E-state index >= 15 is 0 Å².